The van der Waals surface area contributed by atoms with Crippen molar-refractivity contribution in [1.29, 1.82) is 0 Å². The summed E-state index contributed by atoms with van der Waals surface area (Å²) in [7, 11) is 1.59. The number of nitrogens with one attached hydrogen (secondary N) is 1. The van der Waals surface area contributed by atoms with Gasteiger partial charge < -0.3 is 14.5 Å². The van der Waals surface area contributed by atoms with Crippen molar-refractivity contribution in [3.05, 3.63) is 70.7 Å². The van der Waals surface area contributed by atoms with E-state index in [1.165, 1.54) is 17.0 Å². The maximum absolute atomic E-state index is 12.8. The van der Waals surface area contributed by atoms with Crippen LogP contribution in [0.4, 0.5) is 0 Å². The van der Waals surface area contributed by atoms with Gasteiger partial charge in [0.15, 0.2) is 5.76 Å². The highest BCUT2D eigenvalue weighted by Gasteiger charge is 2.32. The summed E-state index contributed by atoms with van der Waals surface area (Å²) in [6, 6.07) is 13.8. The van der Waals surface area contributed by atoms with Gasteiger partial charge in [0.25, 0.3) is 5.56 Å². The lowest BCUT2D eigenvalue weighted by Crippen LogP contribution is -2.49. The molecule has 2 aromatic heterocycles. The Morgan fingerprint density at radius 3 is 2.74 bits per heavy atom. The molecule has 0 saturated carbocycles. The third-order valence-corrected chi connectivity index (χ3v) is 4.25. The van der Waals surface area contributed by atoms with Crippen molar-refractivity contribution in [2.24, 2.45) is 0 Å². The van der Waals surface area contributed by atoms with Crippen molar-refractivity contribution >= 4 is 5.91 Å². The predicted octanol–water partition coefficient (Wildman–Crippen LogP) is 2.56. The van der Waals surface area contributed by atoms with Crippen molar-refractivity contribution < 1.29 is 13.9 Å². The van der Waals surface area contributed by atoms with Gasteiger partial charge >= 0.3 is 0 Å². The molecular formula is C20H21N3O4. The van der Waals surface area contributed by atoms with Crippen LogP contribution in [0.1, 0.15) is 19.4 Å². The van der Waals surface area contributed by atoms with Gasteiger partial charge in [0.05, 0.1) is 13.4 Å². The molecule has 1 N–H and O–H groups in total. The van der Waals surface area contributed by atoms with E-state index in [0.29, 0.717) is 23.7 Å². The maximum Gasteiger partial charge on any atom is 0.267 e. The Morgan fingerprint density at radius 1 is 1.22 bits per heavy atom. The molecule has 7 heteroatoms. The number of carbonyl (C=O) groups is 1. The summed E-state index contributed by atoms with van der Waals surface area (Å²) in [5, 5.41) is 7.17. The molecule has 3 rings (SSSR count). The molecule has 0 radical (unpaired) electrons. The summed E-state index contributed by atoms with van der Waals surface area (Å²) < 4.78 is 11.7. The molecule has 3 aromatic rings. The van der Waals surface area contributed by atoms with Gasteiger partial charge in [-0.1, -0.05) is 12.1 Å². The van der Waals surface area contributed by atoms with Crippen molar-refractivity contribution in [2.45, 2.75) is 25.9 Å². The van der Waals surface area contributed by atoms with Gasteiger partial charge in [0.1, 0.15) is 17.0 Å². The van der Waals surface area contributed by atoms with Crippen molar-refractivity contribution in [2.75, 3.05) is 7.11 Å². The van der Waals surface area contributed by atoms with E-state index in [1.54, 1.807) is 39.2 Å². The highest BCUT2D eigenvalue weighted by atomic mass is 16.5. The number of rotatable bonds is 6. The van der Waals surface area contributed by atoms with E-state index in [0.717, 1.165) is 5.56 Å². The number of ether oxygens (including phenoxy) is 1. The summed E-state index contributed by atoms with van der Waals surface area (Å²) >= 11 is 0. The molecule has 27 heavy (non-hydrogen) atoms. The molecule has 2 heterocycles. The molecule has 0 fully saturated rings. The lowest BCUT2D eigenvalue weighted by Gasteiger charge is -2.25. The normalized spacial score (nSPS) is 11.2. The molecule has 0 saturated heterocycles. The van der Waals surface area contributed by atoms with E-state index < -0.39 is 5.54 Å². The van der Waals surface area contributed by atoms with E-state index in [-0.39, 0.29) is 11.5 Å². The van der Waals surface area contributed by atoms with Crippen LogP contribution in [0.15, 0.2) is 64.0 Å². The Labute approximate surface area is 156 Å². The lowest BCUT2D eigenvalue weighted by molar-refractivity contribution is -0.129. The average molecular weight is 367 g/mol. The summed E-state index contributed by atoms with van der Waals surface area (Å²) in [5.41, 5.74) is -0.179. The summed E-state index contributed by atoms with van der Waals surface area (Å²) in [5.74, 6) is 0.915. The minimum Gasteiger partial charge on any atom is -0.497 e. The van der Waals surface area contributed by atoms with E-state index in [2.05, 4.69) is 10.4 Å². The molecule has 0 aliphatic heterocycles. The first-order valence-corrected chi connectivity index (χ1v) is 8.48. The number of amides is 1. The predicted molar refractivity (Wildman–Crippen MR) is 100 cm³/mol. The zero-order valence-electron chi connectivity index (χ0n) is 15.4. The highest BCUT2D eigenvalue weighted by molar-refractivity contribution is 5.83. The van der Waals surface area contributed by atoms with Gasteiger partial charge in [-0.25, -0.2) is 4.68 Å². The van der Waals surface area contributed by atoms with Crippen LogP contribution in [0.5, 0.6) is 5.75 Å². The van der Waals surface area contributed by atoms with Crippen LogP contribution in [0, 0.1) is 0 Å². The molecule has 0 atom stereocenters. The molecule has 7 nitrogen and oxygen atoms in total. The van der Waals surface area contributed by atoms with Gasteiger partial charge in [-0.2, -0.15) is 5.10 Å². The van der Waals surface area contributed by atoms with Crippen molar-refractivity contribution in [3.8, 4) is 17.2 Å². The number of hydrogen-bond donors (Lipinski definition) is 1. The average Bonchev–Trinajstić information content (AvgIpc) is 3.21. The third kappa shape index (κ3) is 3.92. The molecule has 0 unspecified atom stereocenters. The zero-order valence-corrected chi connectivity index (χ0v) is 15.4. The second kappa shape index (κ2) is 7.49. The molecule has 0 bridgehead atoms. The molecule has 1 amide bonds. The van der Waals surface area contributed by atoms with E-state index >= 15 is 0 Å². The Balaban J connectivity index is 1.81. The minimum atomic E-state index is -1.18. The third-order valence-electron chi connectivity index (χ3n) is 4.25. The van der Waals surface area contributed by atoms with Gasteiger partial charge in [-0.3, -0.25) is 9.59 Å². The first-order valence-electron chi connectivity index (χ1n) is 8.48. The fraction of sp³-hybridized carbons (Fsp3) is 0.250. The van der Waals surface area contributed by atoms with Crippen LogP contribution < -0.4 is 15.6 Å². The van der Waals surface area contributed by atoms with Gasteiger partial charge in [0, 0.05) is 12.6 Å². The number of aromatic nitrogens is 2. The summed E-state index contributed by atoms with van der Waals surface area (Å²) in [6.45, 7) is 3.61. The SMILES string of the molecule is COc1cccc(CNC(=O)C(C)(C)n2nc(-c3ccco3)ccc2=O)c1. The fourth-order valence-corrected chi connectivity index (χ4v) is 2.64. The topological polar surface area (TPSA) is 86.4 Å². The Kier molecular flexibility index (Phi) is 5.12. The molecule has 1 aromatic carbocycles. The molecule has 0 spiro atoms. The van der Waals surface area contributed by atoms with Gasteiger partial charge in [0.2, 0.25) is 5.91 Å². The number of benzene rings is 1. The largest absolute Gasteiger partial charge is 0.497 e. The molecular weight excluding hydrogens is 346 g/mol. The maximum atomic E-state index is 12.8. The van der Waals surface area contributed by atoms with Gasteiger partial charge in [-0.05, 0) is 49.7 Å². The molecule has 140 valence electrons. The van der Waals surface area contributed by atoms with E-state index in [4.69, 9.17) is 9.15 Å². The summed E-state index contributed by atoms with van der Waals surface area (Å²) in [6.07, 6.45) is 1.53. The second-order valence-corrected chi connectivity index (χ2v) is 6.54. The standard InChI is InChI=1S/C20H21N3O4/c1-20(2,19(25)21-13-14-6-4-7-15(12-14)26-3)23-18(24)10-9-16(22-23)17-8-5-11-27-17/h4-12H,13H2,1-3H3,(H,21,25). The molecule has 0 aliphatic rings. The number of nitrogens with zero attached hydrogens (tertiary/aromatic N) is 2. The Bertz CT molecular complexity index is 990. The van der Waals surface area contributed by atoms with Crippen LogP contribution >= 0.6 is 0 Å². The quantitative estimate of drug-likeness (QED) is 0.724. The number of hydrogen-bond acceptors (Lipinski definition) is 5. The highest BCUT2D eigenvalue weighted by Crippen LogP contribution is 2.19. The number of furan rings is 1. The first-order chi connectivity index (χ1) is 12.9. The number of methoxy groups -OCH3 is 1. The van der Waals surface area contributed by atoms with Crippen LogP contribution in [0.25, 0.3) is 11.5 Å². The van der Waals surface area contributed by atoms with Crippen LogP contribution in [0.3, 0.4) is 0 Å². The Morgan fingerprint density at radius 2 is 2.04 bits per heavy atom. The van der Waals surface area contributed by atoms with Crippen LogP contribution in [0.2, 0.25) is 0 Å². The molecule has 0 aliphatic carbocycles. The van der Waals surface area contributed by atoms with Gasteiger partial charge in [-0.15, -0.1) is 0 Å². The fourth-order valence-electron chi connectivity index (χ4n) is 2.64. The summed E-state index contributed by atoms with van der Waals surface area (Å²) in [4.78, 5) is 25.1. The van der Waals surface area contributed by atoms with Crippen LogP contribution in [-0.4, -0.2) is 22.8 Å². The van der Waals surface area contributed by atoms with Crippen molar-refractivity contribution in [3.63, 3.8) is 0 Å². The Hall–Kier alpha value is -3.35. The number of carbonyl (C=O) groups excluding carboxylic acids is 1. The monoisotopic (exact) mass is 367 g/mol. The van der Waals surface area contributed by atoms with E-state index in [1.807, 2.05) is 24.3 Å². The van der Waals surface area contributed by atoms with E-state index in [9.17, 15) is 9.59 Å². The first kappa shape index (κ1) is 18.4. The zero-order chi connectivity index (χ0) is 19.4. The lowest BCUT2D eigenvalue weighted by atomic mass is 10.0. The van der Waals surface area contributed by atoms with Crippen LogP contribution in [-0.2, 0) is 16.9 Å². The van der Waals surface area contributed by atoms with Crippen molar-refractivity contribution in [1.82, 2.24) is 15.1 Å². The minimum absolute atomic E-state index is 0.312. The second-order valence-electron chi connectivity index (χ2n) is 6.54. The smallest absolute Gasteiger partial charge is 0.267 e.